The normalized spacial score (nSPS) is 11.1. The van der Waals surface area contributed by atoms with Crippen molar-refractivity contribution in [2.24, 2.45) is 0 Å². The molecule has 0 spiro atoms. The molecule has 0 radical (unpaired) electrons. The molecule has 4 aromatic rings. The summed E-state index contributed by atoms with van der Waals surface area (Å²) in [7, 11) is 0. The minimum atomic E-state index is -0.547. The highest BCUT2D eigenvalue weighted by atomic mass is 16.6. The molecule has 0 aliphatic heterocycles. The molecule has 23 heavy (non-hydrogen) atoms. The Balaban J connectivity index is 2.11. The lowest BCUT2D eigenvalue weighted by Crippen LogP contribution is -2.01. The first-order valence-corrected chi connectivity index (χ1v) is 6.99. The number of aromatic nitrogens is 2. The maximum absolute atomic E-state index is 11.4. The number of rotatable bonds is 2. The monoisotopic (exact) mass is 305 g/mol. The number of benzene rings is 3. The topological polar surface area (TPSA) is 81.2 Å². The number of para-hydroxylation sites is 2. The van der Waals surface area contributed by atoms with E-state index in [9.17, 15) is 15.2 Å². The molecular formula is C17H11N3O3. The van der Waals surface area contributed by atoms with E-state index in [4.69, 9.17) is 0 Å². The number of nitro groups is 1. The summed E-state index contributed by atoms with van der Waals surface area (Å²) in [5.74, 6) is -0.355. The number of imidazole rings is 1. The van der Waals surface area contributed by atoms with E-state index < -0.39 is 4.92 Å². The van der Waals surface area contributed by atoms with Gasteiger partial charge in [0.25, 0.3) is 0 Å². The molecule has 0 amide bonds. The summed E-state index contributed by atoms with van der Waals surface area (Å²) in [6, 6.07) is 17.8. The molecule has 0 saturated heterocycles. The molecule has 0 bridgehead atoms. The van der Waals surface area contributed by atoms with Crippen molar-refractivity contribution in [2.75, 3.05) is 0 Å². The number of nitrogens with zero attached hydrogens (tertiary/aromatic N) is 3. The Kier molecular flexibility index (Phi) is 2.77. The van der Waals surface area contributed by atoms with Gasteiger partial charge in [0.1, 0.15) is 0 Å². The maximum atomic E-state index is 11.4. The molecule has 0 aliphatic rings. The van der Waals surface area contributed by atoms with Crippen molar-refractivity contribution in [1.29, 1.82) is 0 Å². The van der Waals surface area contributed by atoms with Gasteiger partial charge >= 0.3 is 5.95 Å². The number of phenols is 1. The van der Waals surface area contributed by atoms with Crippen molar-refractivity contribution >= 4 is 27.8 Å². The van der Waals surface area contributed by atoms with Crippen LogP contribution in [-0.2, 0) is 0 Å². The summed E-state index contributed by atoms with van der Waals surface area (Å²) in [5, 5.41) is 23.5. The van der Waals surface area contributed by atoms with Gasteiger partial charge in [0.2, 0.25) is 0 Å². The molecule has 6 nitrogen and oxygen atoms in total. The molecule has 4 rings (SSSR count). The number of aromatic hydroxyl groups is 1. The van der Waals surface area contributed by atoms with Gasteiger partial charge in [0.05, 0.1) is 0 Å². The smallest absolute Gasteiger partial charge is 0.440 e. The van der Waals surface area contributed by atoms with Gasteiger partial charge in [0.15, 0.2) is 22.5 Å². The summed E-state index contributed by atoms with van der Waals surface area (Å²) in [5.41, 5.74) is 1.42. The van der Waals surface area contributed by atoms with Crippen molar-refractivity contribution in [3.05, 3.63) is 70.8 Å². The van der Waals surface area contributed by atoms with E-state index in [0.717, 1.165) is 10.8 Å². The van der Waals surface area contributed by atoms with Gasteiger partial charge in [-0.3, -0.25) is 0 Å². The van der Waals surface area contributed by atoms with Crippen LogP contribution in [0.25, 0.3) is 27.5 Å². The molecule has 6 heteroatoms. The van der Waals surface area contributed by atoms with Crippen molar-refractivity contribution < 1.29 is 10.0 Å². The molecule has 0 unspecified atom stereocenters. The van der Waals surface area contributed by atoms with Crippen LogP contribution in [0.3, 0.4) is 0 Å². The van der Waals surface area contributed by atoms with Crippen LogP contribution in [0.15, 0.2) is 60.7 Å². The van der Waals surface area contributed by atoms with Crippen LogP contribution in [0, 0.1) is 10.1 Å². The fraction of sp³-hybridized carbons (Fsp3) is 0. The SMILES string of the molecule is O=[N+]([O-])c1nc2ccccc2n1-c1cc2ccccc2cc1O. The molecular weight excluding hydrogens is 294 g/mol. The highest BCUT2D eigenvalue weighted by molar-refractivity contribution is 5.89. The van der Waals surface area contributed by atoms with Crippen LogP contribution < -0.4 is 0 Å². The fourth-order valence-electron chi connectivity index (χ4n) is 2.77. The van der Waals surface area contributed by atoms with Gasteiger partial charge in [-0.2, -0.15) is 4.57 Å². The third kappa shape index (κ3) is 2.00. The van der Waals surface area contributed by atoms with Gasteiger partial charge < -0.3 is 15.2 Å². The molecule has 112 valence electrons. The number of fused-ring (bicyclic) bond motifs is 2. The molecule has 0 saturated carbocycles. The fourth-order valence-corrected chi connectivity index (χ4v) is 2.77. The molecule has 0 fully saturated rings. The van der Waals surface area contributed by atoms with Crippen molar-refractivity contribution in [1.82, 2.24) is 9.55 Å². The highest BCUT2D eigenvalue weighted by Crippen LogP contribution is 2.33. The Morgan fingerprint density at radius 1 is 1.00 bits per heavy atom. The van der Waals surface area contributed by atoms with E-state index in [1.54, 1.807) is 36.4 Å². The predicted molar refractivity (Wildman–Crippen MR) is 86.9 cm³/mol. The zero-order valence-electron chi connectivity index (χ0n) is 11.9. The van der Waals surface area contributed by atoms with Crippen LogP contribution in [0.4, 0.5) is 5.95 Å². The standard InChI is InChI=1S/C17H11N3O3/c21-16-10-12-6-2-1-5-11(12)9-15(16)19-14-8-4-3-7-13(14)18-17(19)20(22)23/h1-10,21H. The summed E-state index contributed by atoms with van der Waals surface area (Å²) >= 11 is 0. The summed E-state index contributed by atoms with van der Waals surface area (Å²) in [6.45, 7) is 0. The first-order chi connectivity index (χ1) is 11.1. The lowest BCUT2D eigenvalue weighted by Gasteiger charge is -2.07. The summed E-state index contributed by atoms with van der Waals surface area (Å²) in [6.07, 6.45) is 0. The largest absolute Gasteiger partial charge is 0.504 e. The first kappa shape index (κ1) is 13.3. The van der Waals surface area contributed by atoms with Crippen LogP contribution in [0.2, 0.25) is 0 Å². The van der Waals surface area contributed by atoms with Gasteiger partial charge in [-0.15, -0.1) is 0 Å². The van der Waals surface area contributed by atoms with Gasteiger partial charge in [-0.05, 0) is 40.0 Å². The Morgan fingerprint density at radius 2 is 1.65 bits per heavy atom. The van der Waals surface area contributed by atoms with Crippen LogP contribution in [0.1, 0.15) is 0 Å². The Labute approximate surface area is 130 Å². The third-order valence-corrected chi connectivity index (χ3v) is 3.79. The van der Waals surface area contributed by atoms with E-state index >= 15 is 0 Å². The molecule has 0 aliphatic carbocycles. The minimum absolute atomic E-state index is 0.0325. The number of hydrogen-bond acceptors (Lipinski definition) is 4. The average molecular weight is 305 g/mol. The third-order valence-electron chi connectivity index (χ3n) is 3.79. The van der Waals surface area contributed by atoms with Crippen LogP contribution in [-0.4, -0.2) is 19.6 Å². The summed E-state index contributed by atoms with van der Waals surface area (Å²) < 4.78 is 1.37. The lowest BCUT2D eigenvalue weighted by atomic mass is 10.1. The van der Waals surface area contributed by atoms with E-state index in [-0.39, 0.29) is 11.7 Å². The second kappa shape index (κ2) is 4.81. The van der Waals surface area contributed by atoms with E-state index in [1.807, 2.05) is 24.3 Å². The van der Waals surface area contributed by atoms with Gasteiger partial charge in [-0.1, -0.05) is 41.4 Å². The minimum Gasteiger partial charge on any atom is -0.504 e. The van der Waals surface area contributed by atoms with E-state index in [1.165, 1.54) is 4.57 Å². The molecule has 3 aromatic carbocycles. The highest BCUT2D eigenvalue weighted by Gasteiger charge is 2.25. The van der Waals surface area contributed by atoms with E-state index in [2.05, 4.69) is 4.98 Å². The Bertz CT molecular complexity index is 1070. The van der Waals surface area contributed by atoms with Crippen molar-refractivity contribution in [2.45, 2.75) is 0 Å². The van der Waals surface area contributed by atoms with Crippen LogP contribution in [0.5, 0.6) is 5.75 Å². The first-order valence-electron chi connectivity index (χ1n) is 6.99. The zero-order chi connectivity index (χ0) is 16.0. The molecule has 1 heterocycles. The second-order valence-corrected chi connectivity index (χ2v) is 5.18. The average Bonchev–Trinajstić information content (AvgIpc) is 2.94. The van der Waals surface area contributed by atoms with Gasteiger partial charge in [0, 0.05) is 0 Å². The number of hydrogen-bond donors (Lipinski definition) is 1. The van der Waals surface area contributed by atoms with Crippen molar-refractivity contribution in [3.63, 3.8) is 0 Å². The number of phenolic OH excluding ortho intramolecular Hbond substituents is 1. The van der Waals surface area contributed by atoms with E-state index in [0.29, 0.717) is 16.7 Å². The molecule has 1 N–H and O–H groups in total. The second-order valence-electron chi connectivity index (χ2n) is 5.18. The molecule has 0 atom stereocenters. The summed E-state index contributed by atoms with van der Waals surface area (Å²) in [4.78, 5) is 14.9. The predicted octanol–water partition coefficient (Wildman–Crippen LogP) is 3.79. The maximum Gasteiger partial charge on any atom is 0.440 e. The molecule has 1 aromatic heterocycles. The van der Waals surface area contributed by atoms with Crippen LogP contribution >= 0.6 is 0 Å². The lowest BCUT2D eigenvalue weighted by molar-refractivity contribution is -0.395. The zero-order valence-corrected chi connectivity index (χ0v) is 11.9. The quantitative estimate of drug-likeness (QED) is 0.451. The Hall–Kier alpha value is -3.41. The Morgan fingerprint density at radius 3 is 2.39 bits per heavy atom. The van der Waals surface area contributed by atoms with Crippen molar-refractivity contribution in [3.8, 4) is 11.4 Å². The van der Waals surface area contributed by atoms with Gasteiger partial charge in [-0.25, -0.2) is 0 Å².